The summed E-state index contributed by atoms with van der Waals surface area (Å²) in [5.41, 5.74) is 5.96. The fourth-order valence-electron chi connectivity index (χ4n) is 4.53. The van der Waals surface area contributed by atoms with E-state index in [-0.39, 0.29) is 5.56 Å². The fraction of sp³-hybridized carbons (Fsp3) is 0.346. The van der Waals surface area contributed by atoms with Crippen molar-refractivity contribution < 1.29 is 0 Å². The van der Waals surface area contributed by atoms with Crippen molar-refractivity contribution in [3.63, 3.8) is 0 Å². The number of nitriles is 1. The zero-order valence-corrected chi connectivity index (χ0v) is 18.3. The number of aromatic nitrogens is 2. The molecule has 1 saturated carbocycles. The first kappa shape index (κ1) is 20.5. The predicted octanol–water partition coefficient (Wildman–Crippen LogP) is 3.88. The molecule has 2 aliphatic rings. The highest BCUT2D eigenvalue weighted by Crippen LogP contribution is 2.41. The third-order valence-electron chi connectivity index (χ3n) is 6.58. The highest BCUT2D eigenvalue weighted by atomic mass is 16.1. The van der Waals surface area contributed by atoms with Crippen LogP contribution in [0.4, 0.5) is 5.69 Å². The Bertz CT molecular complexity index is 1210. The maximum atomic E-state index is 13.3. The summed E-state index contributed by atoms with van der Waals surface area (Å²) < 4.78 is 1.73. The Balaban J connectivity index is 1.58. The Morgan fingerprint density at radius 1 is 1.16 bits per heavy atom. The van der Waals surface area contributed by atoms with Gasteiger partial charge in [-0.3, -0.25) is 4.79 Å². The lowest BCUT2D eigenvalue weighted by molar-refractivity contribution is 0.614. The first-order chi connectivity index (χ1) is 15.6. The second kappa shape index (κ2) is 8.60. The Morgan fingerprint density at radius 2 is 1.94 bits per heavy atom. The van der Waals surface area contributed by atoms with Crippen molar-refractivity contribution in [3.8, 4) is 28.5 Å². The number of rotatable bonds is 6. The van der Waals surface area contributed by atoms with Gasteiger partial charge in [-0.2, -0.15) is 5.26 Å². The van der Waals surface area contributed by atoms with Crippen LogP contribution in [0, 0.1) is 17.2 Å². The number of anilines is 1. The Hall–Kier alpha value is -3.43. The largest absolute Gasteiger partial charge is 0.380 e. The summed E-state index contributed by atoms with van der Waals surface area (Å²) in [5, 5.41) is 15.9. The van der Waals surface area contributed by atoms with Crippen molar-refractivity contribution in [2.24, 2.45) is 13.0 Å². The lowest BCUT2D eigenvalue weighted by atomic mass is 9.97. The summed E-state index contributed by atoms with van der Waals surface area (Å²) in [4.78, 5) is 17.5. The molecule has 1 saturated heterocycles. The van der Waals surface area contributed by atoms with E-state index >= 15 is 0 Å². The van der Waals surface area contributed by atoms with Gasteiger partial charge in [0.25, 0.3) is 5.56 Å². The smallest absolute Gasteiger partial charge is 0.274 e. The SMILES string of the molecule is Cn1c(-c2ccc(C3CC3)cc2)c(-c2ccc(C#N)nc2)cc(NCC2CCNC2)c1=O. The molecule has 1 atom stereocenters. The molecule has 3 aromatic rings. The second-order valence-corrected chi connectivity index (χ2v) is 8.86. The van der Waals surface area contributed by atoms with Gasteiger partial charge in [0.2, 0.25) is 0 Å². The monoisotopic (exact) mass is 425 g/mol. The number of benzene rings is 1. The first-order valence-corrected chi connectivity index (χ1v) is 11.3. The highest BCUT2D eigenvalue weighted by Gasteiger charge is 2.24. The zero-order chi connectivity index (χ0) is 22.1. The van der Waals surface area contributed by atoms with Crippen molar-refractivity contribution in [1.82, 2.24) is 14.9 Å². The van der Waals surface area contributed by atoms with Crippen molar-refractivity contribution in [3.05, 3.63) is 70.3 Å². The van der Waals surface area contributed by atoms with Crippen LogP contribution in [0.1, 0.15) is 36.4 Å². The van der Waals surface area contributed by atoms with Crippen LogP contribution in [-0.4, -0.2) is 29.2 Å². The van der Waals surface area contributed by atoms with E-state index in [0.717, 1.165) is 48.4 Å². The molecule has 6 nitrogen and oxygen atoms in total. The summed E-state index contributed by atoms with van der Waals surface area (Å²) in [5.74, 6) is 1.21. The second-order valence-electron chi connectivity index (χ2n) is 8.86. The van der Waals surface area contributed by atoms with Crippen LogP contribution in [0.25, 0.3) is 22.4 Å². The standard InChI is InChI=1S/C26H27N5O/c1-31-25(20-6-4-19(5-7-20)18-2-3-18)23(21-8-9-22(13-27)29-16-21)12-24(26(31)32)30-15-17-10-11-28-14-17/h4-9,12,16-18,28,30H,2-3,10-11,14-15H2,1H3. The quantitative estimate of drug-likeness (QED) is 0.626. The molecular weight excluding hydrogens is 398 g/mol. The van der Waals surface area contributed by atoms with Crippen molar-refractivity contribution >= 4 is 5.69 Å². The van der Waals surface area contributed by atoms with Gasteiger partial charge in [-0.25, -0.2) is 4.98 Å². The average molecular weight is 426 g/mol. The third-order valence-corrected chi connectivity index (χ3v) is 6.58. The number of nitrogens with one attached hydrogen (secondary N) is 2. The molecule has 2 fully saturated rings. The van der Waals surface area contributed by atoms with Crippen LogP contribution < -0.4 is 16.2 Å². The van der Waals surface area contributed by atoms with Crippen LogP contribution in [0.3, 0.4) is 0 Å². The molecule has 0 radical (unpaired) electrons. The van der Waals surface area contributed by atoms with E-state index in [1.165, 1.54) is 18.4 Å². The number of hydrogen-bond donors (Lipinski definition) is 2. The molecule has 6 heteroatoms. The normalized spacial score (nSPS) is 17.8. The molecule has 0 bridgehead atoms. The lowest BCUT2D eigenvalue weighted by Gasteiger charge is -2.19. The molecule has 0 amide bonds. The molecule has 1 aromatic carbocycles. The van der Waals surface area contributed by atoms with Crippen molar-refractivity contribution in [2.75, 3.05) is 25.0 Å². The van der Waals surface area contributed by atoms with E-state index < -0.39 is 0 Å². The maximum absolute atomic E-state index is 13.3. The van der Waals surface area contributed by atoms with E-state index in [1.807, 2.05) is 19.2 Å². The number of pyridine rings is 2. The van der Waals surface area contributed by atoms with Crippen LogP contribution in [0.15, 0.2) is 53.5 Å². The number of nitrogens with zero attached hydrogens (tertiary/aromatic N) is 3. The molecule has 2 N–H and O–H groups in total. The molecular formula is C26H27N5O. The molecule has 5 rings (SSSR count). The van der Waals surface area contributed by atoms with E-state index in [4.69, 9.17) is 5.26 Å². The summed E-state index contributed by atoms with van der Waals surface area (Å²) in [7, 11) is 1.83. The van der Waals surface area contributed by atoms with Gasteiger partial charge in [-0.1, -0.05) is 24.3 Å². The Kier molecular flexibility index (Phi) is 5.50. The minimum Gasteiger partial charge on any atom is -0.380 e. The van der Waals surface area contributed by atoms with Crippen LogP contribution in [0.2, 0.25) is 0 Å². The summed E-state index contributed by atoms with van der Waals surface area (Å²) in [6, 6.07) is 16.2. The van der Waals surface area contributed by atoms with Crippen LogP contribution in [0.5, 0.6) is 0 Å². The molecule has 1 unspecified atom stereocenters. The molecule has 1 aliphatic heterocycles. The molecule has 0 spiro atoms. The van der Waals surface area contributed by atoms with Crippen LogP contribution >= 0.6 is 0 Å². The van der Waals surface area contributed by atoms with Gasteiger partial charge in [0.05, 0.1) is 5.69 Å². The number of hydrogen-bond acceptors (Lipinski definition) is 5. The fourth-order valence-corrected chi connectivity index (χ4v) is 4.53. The van der Waals surface area contributed by atoms with Crippen LogP contribution in [-0.2, 0) is 7.05 Å². The van der Waals surface area contributed by atoms with Gasteiger partial charge < -0.3 is 15.2 Å². The average Bonchev–Trinajstić information content (AvgIpc) is 3.55. The highest BCUT2D eigenvalue weighted by molar-refractivity contribution is 5.83. The maximum Gasteiger partial charge on any atom is 0.274 e. The van der Waals surface area contributed by atoms with Gasteiger partial charge in [0.1, 0.15) is 17.5 Å². The van der Waals surface area contributed by atoms with E-state index in [2.05, 4.69) is 46.0 Å². The topological polar surface area (TPSA) is 82.7 Å². The van der Waals surface area contributed by atoms with Crippen molar-refractivity contribution in [1.29, 1.82) is 5.26 Å². The third kappa shape index (κ3) is 4.04. The van der Waals surface area contributed by atoms with Gasteiger partial charge in [-0.15, -0.1) is 0 Å². The summed E-state index contributed by atoms with van der Waals surface area (Å²) >= 11 is 0. The van der Waals surface area contributed by atoms with E-state index in [1.54, 1.807) is 16.8 Å². The van der Waals surface area contributed by atoms with E-state index in [9.17, 15) is 4.79 Å². The predicted molar refractivity (Wildman–Crippen MR) is 127 cm³/mol. The van der Waals surface area contributed by atoms with Crippen molar-refractivity contribution in [2.45, 2.75) is 25.2 Å². The molecule has 3 heterocycles. The molecule has 2 aromatic heterocycles. The molecule has 162 valence electrons. The Morgan fingerprint density at radius 3 is 2.56 bits per heavy atom. The zero-order valence-electron chi connectivity index (χ0n) is 18.3. The van der Waals surface area contributed by atoms with E-state index in [0.29, 0.717) is 23.2 Å². The minimum atomic E-state index is -0.0393. The Labute approximate surface area is 187 Å². The van der Waals surface area contributed by atoms with Gasteiger partial charge in [0.15, 0.2) is 0 Å². The molecule has 32 heavy (non-hydrogen) atoms. The summed E-state index contributed by atoms with van der Waals surface area (Å²) in [6.07, 6.45) is 5.35. The first-order valence-electron chi connectivity index (χ1n) is 11.3. The summed E-state index contributed by atoms with van der Waals surface area (Å²) in [6.45, 7) is 2.77. The van der Waals surface area contributed by atoms with Gasteiger partial charge in [-0.05, 0) is 73.5 Å². The molecule has 1 aliphatic carbocycles. The lowest BCUT2D eigenvalue weighted by Crippen LogP contribution is -2.26. The van der Waals surface area contributed by atoms with Gasteiger partial charge in [0, 0.05) is 30.9 Å². The minimum absolute atomic E-state index is 0.0393. The van der Waals surface area contributed by atoms with Gasteiger partial charge >= 0.3 is 0 Å².